The molecule has 0 N–H and O–H groups in total. The van der Waals surface area contributed by atoms with Crippen LogP contribution in [0.1, 0.15) is 40.5 Å². The summed E-state index contributed by atoms with van der Waals surface area (Å²) in [5, 5.41) is 8.65. The van der Waals surface area contributed by atoms with E-state index in [1.165, 1.54) is 19.2 Å². The first-order valence-electron chi connectivity index (χ1n) is 9.17. The molecule has 0 saturated heterocycles. The van der Waals surface area contributed by atoms with E-state index in [2.05, 4.69) is 26.9 Å². The van der Waals surface area contributed by atoms with E-state index in [0.717, 1.165) is 17.2 Å². The van der Waals surface area contributed by atoms with Crippen LogP contribution in [0.3, 0.4) is 0 Å². The lowest BCUT2D eigenvalue weighted by molar-refractivity contribution is 0.0675. The molecule has 6 nitrogen and oxygen atoms in total. The number of rotatable bonds is 4. The molecular formula is C21H21FN4O2. The molecule has 4 rings (SSSR count). The standard InChI is InChI=1S/C21H21FN4O2/c1-14-12-25(21(27)16-9-6-10-17(22)20(16)28-2)13-19-24-23-18(26(14)19)11-15-7-4-3-5-8-15/h3-10,14H,11-13H2,1-2H3/t14-/m0/s1. The van der Waals surface area contributed by atoms with Crippen molar-refractivity contribution in [2.45, 2.75) is 25.9 Å². The summed E-state index contributed by atoms with van der Waals surface area (Å²) in [6, 6.07) is 14.5. The number of hydrogen-bond donors (Lipinski definition) is 0. The van der Waals surface area contributed by atoms with Crippen LogP contribution in [0.25, 0.3) is 0 Å². The molecule has 2 aromatic carbocycles. The highest BCUT2D eigenvalue weighted by Crippen LogP contribution is 2.28. The molecule has 0 radical (unpaired) electrons. The number of carbonyl (C=O) groups is 1. The van der Waals surface area contributed by atoms with E-state index in [1.807, 2.05) is 25.1 Å². The minimum absolute atomic E-state index is 0.0148. The zero-order valence-electron chi connectivity index (χ0n) is 15.8. The number of ether oxygens (including phenoxy) is 1. The summed E-state index contributed by atoms with van der Waals surface area (Å²) in [7, 11) is 1.36. The molecule has 0 aliphatic carbocycles. The molecule has 0 spiro atoms. The minimum atomic E-state index is -0.549. The van der Waals surface area contributed by atoms with Crippen LogP contribution in [0.4, 0.5) is 4.39 Å². The lowest BCUT2D eigenvalue weighted by atomic mass is 10.1. The third-order valence-electron chi connectivity index (χ3n) is 4.99. The van der Waals surface area contributed by atoms with Crippen molar-refractivity contribution >= 4 is 5.91 Å². The molecule has 3 aromatic rings. The van der Waals surface area contributed by atoms with Gasteiger partial charge in [-0.3, -0.25) is 4.79 Å². The number of amides is 1. The van der Waals surface area contributed by atoms with E-state index >= 15 is 0 Å². The molecule has 1 aliphatic rings. The summed E-state index contributed by atoms with van der Waals surface area (Å²) >= 11 is 0. The van der Waals surface area contributed by atoms with E-state index in [4.69, 9.17) is 4.74 Å². The molecule has 7 heteroatoms. The number of nitrogens with zero attached hydrogens (tertiary/aromatic N) is 4. The largest absolute Gasteiger partial charge is 0.493 e. The highest BCUT2D eigenvalue weighted by atomic mass is 19.1. The summed E-state index contributed by atoms with van der Waals surface area (Å²) in [6.45, 7) is 2.85. The zero-order chi connectivity index (χ0) is 19.7. The van der Waals surface area contributed by atoms with Gasteiger partial charge in [-0.05, 0) is 24.6 Å². The SMILES string of the molecule is COc1c(F)cccc1C(=O)N1Cc2nnc(Cc3ccccc3)n2[C@@H](C)C1. The number of carbonyl (C=O) groups excluding carboxylic acids is 1. The van der Waals surface area contributed by atoms with Crippen molar-refractivity contribution in [3.8, 4) is 5.75 Å². The fraction of sp³-hybridized carbons (Fsp3) is 0.286. The molecule has 1 amide bonds. The number of halogens is 1. The first-order valence-corrected chi connectivity index (χ1v) is 9.17. The molecule has 1 atom stereocenters. The molecule has 1 aliphatic heterocycles. The van der Waals surface area contributed by atoms with Crippen molar-refractivity contribution in [3.05, 3.63) is 77.1 Å². The number of hydrogen-bond acceptors (Lipinski definition) is 4. The Hall–Kier alpha value is -3.22. The number of aromatic nitrogens is 3. The highest BCUT2D eigenvalue weighted by Gasteiger charge is 2.31. The van der Waals surface area contributed by atoms with Gasteiger partial charge in [-0.25, -0.2) is 4.39 Å². The van der Waals surface area contributed by atoms with Gasteiger partial charge >= 0.3 is 0 Å². The van der Waals surface area contributed by atoms with Crippen molar-refractivity contribution in [2.24, 2.45) is 0 Å². The van der Waals surface area contributed by atoms with E-state index in [1.54, 1.807) is 11.0 Å². The molecule has 144 valence electrons. The number of fused-ring (bicyclic) bond motifs is 1. The molecule has 0 fully saturated rings. The Balaban J connectivity index is 1.59. The Morgan fingerprint density at radius 2 is 1.96 bits per heavy atom. The van der Waals surface area contributed by atoms with Crippen LogP contribution < -0.4 is 4.74 Å². The molecular weight excluding hydrogens is 359 g/mol. The van der Waals surface area contributed by atoms with Crippen molar-refractivity contribution in [1.82, 2.24) is 19.7 Å². The maximum Gasteiger partial charge on any atom is 0.258 e. The predicted molar refractivity (Wildman–Crippen MR) is 102 cm³/mol. The van der Waals surface area contributed by atoms with Crippen LogP contribution in [0, 0.1) is 5.82 Å². The Morgan fingerprint density at radius 3 is 2.71 bits per heavy atom. The first kappa shape index (κ1) is 18.2. The van der Waals surface area contributed by atoms with Gasteiger partial charge in [0, 0.05) is 13.0 Å². The summed E-state index contributed by atoms with van der Waals surface area (Å²) < 4.78 is 21.2. The van der Waals surface area contributed by atoms with E-state index < -0.39 is 5.82 Å². The quantitative estimate of drug-likeness (QED) is 0.697. The van der Waals surface area contributed by atoms with Crippen molar-refractivity contribution < 1.29 is 13.9 Å². The molecule has 0 bridgehead atoms. The molecule has 2 heterocycles. The Kier molecular flexibility index (Phi) is 4.81. The monoisotopic (exact) mass is 380 g/mol. The average Bonchev–Trinajstić information content (AvgIpc) is 3.11. The summed E-state index contributed by atoms with van der Waals surface area (Å²) in [5.41, 5.74) is 1.38. The van der Waals surface area contributed by atoms with E-state index in [0.29, 0.717) is 19.5 Å². The summed E-state index contributed by atoms with van der Waals surface area (Å²) in [5.74, 6) is 0.753. The second-order valence-corrected chi connectivity index (χ2v) is 6.92. The fourth-order valence-electron chi connectivity index (χ4n) is 3.72. The number of methoxy groups -OCH3 is 1. The maximum atomic E-state index is 14.0. The van der Waals surface area contributed by atoms with E-state index in [9.17, 15) is 9.18 Å². The van der Waals surface area contributed by atoms with Gasteiger partial charge in [0.25, 0.3) is 5.91 Å². The molecule has 0 saturated carbocycles. The predicted octanol–water partition coefficient (Wildman–Crippen LogP) is 3.23. The minimum Gasteiger partial charge on any atom is -0.493 e. The number of benzene rings is 2. The van der Waals surface area contributed by atoms with Crippen molar-refractivity contribution in [2.75, 3.05) is 13.7 Å². The van der Waals surface area contributed by atoms with Crippen molar-refractivity contribution in [3.63, 3.8) is 0 Å². The van der Waals surface area contributed by atoms with Gasteiger partial charge in [0.1, 0.15) is 5.82 Å². The third-order valence-corrected chi connectivity index (χ3v) is 4.99. The Morgan fingerprint density at radius 1 is 1.18 bits per heavy atom. The molecule has 0 unspecified atom stereocenters. The van der Waals surface area contributed by atoms with Gasteiger partial charge in [0.15, 0.2) is 17.4 Å². The van der Waals surface area contributed by atoms with E-state index in [-0.39, 0.29) is 23.3 Å². The van der Waals surface area contributed by atoms with Gasteiger partial charge in [-0.2, -0.15) is 0 Å². The first-order chi connectivity index (χ1) is 13.6. The second-order valence-electron chi connectivity index (χ2n) is 6.92. The summed E-state index contributed by atoms with van der Waals surface area (Å²) in [6.07, 6.45) is 0.684. The highest BCUT2D eigenvalue weighted by molar-refractivity contribution is 5.97. The average molecular weight is 380 g/mol. The molecule has 1 aromatic heterocycles. The van der Waals surface area contributed by atoms with Gasteiger partial charge in [0.2, 0.25) is 0 Å². The van der Waals surface area contributed by atoms with Crippen LogP contribution in [-0.2, 0) is 13.0 Å². The Bertz CT molecular complexity index is 1000. The summed E-state index contributed by atoms with van der Waals surface area (Å²) in [4.78, 5) is 14.7. The van der Waals surface area contributed by atoms with Gasteiger partial charge in [0.05, 0.1) is 25.3 Å². The molecule has 28 heavy (non-hydrogen) atoms. The third kappa shape index (κ3) is 3.24. The van der Waals surface area contributed by atoms with Crippen LogP contribution in [0.5, 0.6) is 5.75 Å². The smallest absolute Gasteiger partial charge is 0.258 e. The fourth-order valence-corrected chi connectivity index (χ4v) is 3.72. The van der Waals surface area contributed by atoms with Crippen LogP contribution in [0.2, 0.25) is 0 Å². The van der Waals surface area contributed by atoms with Crippen molar-refractivity contribution in [1.29, 1.82) is 0 Å². The topological polar surface area (TPSA) is 60.2 Å². The normalized spacial score (nSPS) is 16.0. The second kappa shape index (κ2) is 7.42. The van der Waals surface area contributed by atoms with Gasteiger partial charge in [-0.15, -0.1) is 10.2 Å². The lowest BCUT2D eigenvalue weighted by Gasteiger charge is -2.33. The van der Waals surface area contributed by atoms with Crippen LogP contribution in [-0.4, -0.2) is 39.2 Å². The van der Waals surface area contributed by atoms with Crippen LogP contribution in [0.15, 0.2) is 48.5 Å². The van der Waals surface area contributed by atoms with Gasteiger partial charge in [-0.1, -0.05) is 36.4 Å². The maximum absolute atomic E-state index is 14.0. The van der Waals surface area contributed by atoms with Crippen LogP contribution >= 0.6 is 0 Å². The number of para-hydroxylation sites is 1. The Labute approximate surface area is 162 Å². The lowest BCUT2D eigenvalue weighted by Crippen LogP contribution is -2.41. The zero-order valence-corrected chi connectivity index (χ0v) is 15.8. The van der Waals surface area contributed by atoms with Gasteiger partial charge < -0.3 is 14.2 Å².